The number of Topliss-reactive ketones (excluding diaryl/α,β-unsaturated/α-hetero) is 1. The average molecular weight is 497 g/mol. The molecule has 1 heterocycles. The zero-order valence-electron chi connectivity index (χ0n) is 22.0. The number of nitrogens with zero attached hydrogens (tertiary/aromatic N) is 1. The Morgan fingerprint density at radius 1 is 1.11 bits per heavy atom. The maximum Gasteiger partial charge on any atom is 0.258 e. The molecule has 2 fully saturated rings. The van der Waals surface area contributed by atoms with Gasteiger partial charge in [-0.3, -0.25) is 14.4 Å². The van der Waals surface area contributed by atoms with E-state index in [0.717, 1.165) is 44.9 Å². The normalized spacial score (nSPS) is 22.6. The number of carbonyl (C=O) groups is 3. The van der Waals surface area contributed by atoms with E-state index < -0.39 is 23.3 Å². The van der Waals surface area contributed by atoms with Crippen molar-refractivity contribution in [3.05, 3.63) is 52.5 Å². The maximum atomic E-state index is 16.0. The summed E-state index contributed by atoms with van der Waals surface area (Å²) >= 11 is 0. The number of carbonyl (C=O) groups excluding carboxylic acids is 3. The fourth-order valence-electron chi connectivity index (χ4n) is 6.16. The van der Waals surface area contributed by atoms with Crippen molar-refractivity contribution in [1.29, 1.82) is 0 Å². The lowest BCUT2D eigenvalue weighted by Crippen LogP contribution is -2.55. The molecule has 3 aliphatic rings. The maximum absolute atomic E-state index is 16.0. The van der Waals surface area contributed by atoms with Crippen LogP contribution in [0.1, 0.15) is 102 Å². The Kier molecular flexibility index (Phi) is 7.85. The van der Waals surface area contributed by atoms with Crippen molar-refractivity contribution in [3.8, 4) is 0 Å². The lowest BCUT2D eigenvalue weighted by atomic mass is 9.74. The van der Waals surface area contributed by atoms with Gasteiger partial charge in [0, 0.05) is 31.8 Å². The Hall–Kier alpha value is -2.72. The van der Waals surface area contributed by atoms with Crippen molar-refractivity contribution < 1.29 is 20.2 Å². The third-order valence-electron chi connectivity index (χ3n) is 8.44. The summed E-state index contributed by atoms with van der Waals surface area (Å²) in [6.45, 7) is 8.27. The predicted octanol–water partition coefficient (Wildman–Crippen LogP) is 5.95. The standard InChI is InChI=1S/C30H39FN2O3.H2/c1-19(2)27(34)26(20-11-6-5-7-12-20)32-28(35)23-16-9-15-22(25(23)31)24-17-10-18-33(30(24,3)4)29(36)21-13-8-14-21;/h8-9,15-16,19-20,24,26H,5-7,10-13,17-18H2,1-4H3,(H,32,35);1H/t24?,26-;/m1./s1. The summed E-state index contributed by atoms with van der Waals surface area (Å²) in [7, 11) is 0. The molecule has 0 spiro atoms. The number of benzene rings is 1. The second kappa shape index (κ2) is 10.7. The van der Waals surface area contributed by atoms with Crippen LogP contribution in [0.15, 0.2) is 35.6 Å². The van der Waals surface area contributed by atoms with E-state index in [9.17, 15) is 14.4 Å². The molecule has 1 saturated heterocycles. The van der Waals surface area contributed by atoms with Crippen molar-refractivity contribution in [2.75, 3.05) is 6.54 Å². The zero-order chi connectivity index (χ0) is 26.0. The van der Waals surface area contributed by atoms with Gasteiger partial charge in [0.1, 0.15) is 5.82 Å². The lowest BCUT2D eigenvalue weighted by Gasteiger charge is -2.48. The molecule has 0 radical (unpaired) electrons. The summed E-state index contributed by atoms with van der Waals surface area (Å²) in [4.78, 5) is 41.3. The Morgan fingerprint density at radius 3 is 2.42 bits per heavy atom. The van der Waals surface area contributed by atoms with Crippen LogP contribution in [0.25, 0.3) is 0 Å². The molecule has 196 valence electrons. The van der Waals surface area contributed by atoms with E-state index in [1.807, 2.05) is 38.7 Å². The zero-order valence-corrected chi connectivity index (χ0v) is 22.0. The van der Waals surface area contributed by atoms with Crippen LogP contribution in [0.4, 0.5) is 4.39 Å². The number of halogens is 1. The fourth-order valence-corrected chi connectivity index (χ4v) is 6.16. The second-order valence-electron chi connectivity index (χ2n) is 11.5. The lowest BCUT2D eigenvalue weighted by molar-refractivity contribution is -0.135. The molecular formula is C30H41FN2O3. The number of hydrogen-bond acceptors (Lipinski definition) is 3. The van der Waals surface area contributed by atoms with Crippen molar-refractivity contribution >= 4 is 17.6 Å². The van der Waals surface area contributed by atoms with E-state index in [1.54, 1.807) is 12.1 Å². The van der Waals surface area contributed by atoms with Crippen molar-refractivity contribution in [2.45, 2.75) is 96.6 Å². The second-order valence-corrected chi connectivity index (χ2v) is 11.5. The van der Waals surface area contributed by atoms with Crippen LogP contribution in [0.2, 0.25) is 0 Å². The van der Waals surface area contributed by atoms with Crippen LogP contribution in [0.3, 0.4) is 0 Å². The van der Waals surface area contributed by atoms with Gasteiger partial charge in [-0.2, -0.15) is 0 Å². The Labute approximate surface area is 215 Å². The molecule has 1 N–H and O–H groups in total. The highest BCUT2D eigenvalue weighted by Gasteiger charge is 2.44. The van der Waals surface area contributed by atoms with Crippen LogP contribution in [-0.4, -0.2) is 40.6 Å². The molecule has 36 heavy (non-hydrogen) atoms. The largest absolute Gasteiger partial charge is 0.342 e. The first-order chi connectivity index (χ1) is 17.1. The highest BCUT2D eigenvalue weighted by molar-refractivity contribution is 5.99. The minimum Gasteiger partial charge on any atom is -0.342 e. The predicted molar refractivity (Wildman–Crippen MR) is 140 cm³/mol. The van der Waals surface area contributed by atoms with Gasteiger partial charge >= 0.3 is 0 Å². The number of piperidine rings is 1. The van der Waals surface area contributed by atoms with E-state index in [1.165, 1.54) is 6.07 Å². The molecule has 2 amide bonds. The smallest absolute Gasteiger partial charge is 0.258 e. The van der Waals surface area contributed by atoms with Gasteiger partial charge in [-0.15, -0.1) is 5.73 Å². The van der Waals surface area contributed by atoms with Gasteiger partial charge in [0.2, 0.25) is 0 Å². The van der Waals surface area contributed by atoms with Crippen LogP contribution < -0.4 is 5.32 Å². The third-order valence-corrected chi connectivity index (χ3v) is 8.44. The Bertz CT molecular complexity index is 1100. The van der Waals surface area contributed by atoms with E-state index in [-0.39, 0.29) is 36.4 Å². The van der Waals surface area contributed by atoms with Crippen LogP contribution in [0.5, 0.6) is 0 Å². The fraction of sp³-hybridized carbons (Fsp3) is 0.600. The third kappa shape index (κ3) is 5.06. The Morgan fingerprint density at radius 2 is 1.81 bits per heavy atom. The minimum atomic E-state index is -0.617. The van der Waals surface area contributed by atoms with E-state index in [2.05, 4.69) is 11.0 Å². The summed E-state index contributed by atoms with van der Waals surface area (Å²) in [5.74, 6) is -1.48. The molecule has 5 nitrogen and oxygen atoms in total. The molecule has 1 saturated carbocycles. The van der Waals surface area contributed by atoms with Gasteiger partial charge in [-0.05, 0) is 63.2 Å². The summed E-state index contributed by atoms with van der Waals surface area (Å²) in [5, 5.41) is 2.92. The quantitative estimate of drug-likeness (QED) is 0.475. The molecule has 2 aliphatic carbocycles. The van der Waals surface area contributed by atoms with Gasteiger partial charge in [0.25, 0.3) is 11.8 Å². The molecule has 0 bridgehead atoms. The van der Waals surface area contributed by atoms with Crippen LogP contribution in [0, 0.1) is 17.7 Å². The van der Waals surface area contributed by atoms with E-state index in [4.69, 9.17) is 0 Å². The molecule has 0 aromatic heterocycles. The molecule has 4 rings (SSSR count). The number of rotatable bonds is 7. The summed E-state index contributed by atoms with van der Waals surface area (Å²) < 4.78 is 16.0. The van der Waals surface area contributed by atoms with Gasteiger partial charge in [-0.25, -0.2) is 4.39 Å². The SMILES string of the molecule is CC(C)C(=O)[C@H](NC(=O)c1cccc(C2CCCN(C(=O)C3=C=CC3)C2(C)C)c1F)C1CCCCC1.[HH]. The van der Waals surface area contributed by atoms with Crippen molar-refractivity contribution in [3.63, 3.8) is 0 Å². The number of nitrogens with one attached hydrogen (secondary N) is 1. The average Bonchev–Trinajstić information content (AvgIpc) is 2.81. The first-order valence-electron chi connectivity index (χ1n) is 13.5. The van der Waals surface area contributed by atoms with Crippen LogP contribution >= 0.6 is 0 Å². The monoisotopic (exact) mass is 496 g/mol. The molecule has 1 unspecified atom stereocenters. The minimum absolute atomic E-state index is 0. The number of amides is 2. The topological polar surface area (TPSA) is 66.5 Å². The van der Waals surface area contributed by atoms with Crippen LogP contribution in [-0.2, 0) is 9.59 Å². The van der Waals surface area contributed by atoms with E-state index in [0.29, 0.717) is 24.1 Å². The number of hydrogen-bond donors (Lipinski definition) is 1. The van der Waals surface area contributed by atoms with E-state index >= 15 is 4.39 Å². The summed E-state index contributed by atoms with van der Waals surface area (Å²) in [6.07, 6.45) is 8.99. The molecule has 1 aromatic rings. The molecule has 1 aromatic carbocycles. The van der Waals surface area contributed by atoms with Gasteiger partial charge in [0.15, 0.2) is 5.78 Å². The number of ketones is 1. The van der Waals surface area contributed by atoms with Crippen molar-refractivity contribution in [1.82, 2.24) is 10.2 Å². The van der Waals surface area contributed by atoms with Gasteiger partial charge < -0.3 is 10.2 Å². The molecule has 2 atom stereocenters. The summed E-state index contributed by atoms with van der Waals surface area (Å²) in [6, 6.07) is 4.34. The molecule has 1 aliphatic heterocycles. The van der Waals surface area contributed by atoms with Gasteiger partial charge in [-0.1, -0.05) is 45.2 Å². The highest BCUT2D eigenvalue weighted by Crippen LogP contribution is 2.43. The molecular weight excluding hydrogens is 455 g/mol. The Balaban J connectivity index is 0.00000380. The molecule has 6 heteroatoms. The number of likely N-dealkylation sites (tertiary alicyclic amines) is 1. The highest BCUT2D eigenvalue weighted by atomic mass is 19.1. The first-order valence-corrected chi connectivity index (χ1v) is 13.5. The van der Waals surface area contributed by atoms with Gasteiger partial charge in [0.05, 0.1) is 17.2 Å². The van der Waals surface area contributed by atoms with Crippen molar-refractivity contribution in [2.24, 2.45) is 11.8 Å². The first kappa shape index (κ1) is 26.3. The summed E-state index contributed by atoms with van der Waals surface area (Å²) in [5.41, 5.74) is 3.45.